The van der Waals surface area contributed by atoms with E-state index >= 15 is 0 Å². The number of amides is 3. The molecule has 12 heteroatoms. The fourth-order valence-corrected chi connectivity index (χ4v) is 4.49. The van der Waals surface area contributed by atoms with Crippen LogP contribution in [0.1, 0.15) is 18.2 Å². The summed E-state index contributed by atoms with van der Waals surface area (Å²) in [6, 6.07) is 9.23. The minimum Gasteiger partial charge on any atom is -0.378 e. The number of benzene rings is 1. The summed E-state index contributed by atoms with van der Waals surface area (Å²) in [7, 11) is 1.83. The highest BCUT2D eigenvalue weighted by atomic mass is 32.2. The van der Waals surface area contributed by atoms with Crippen LogP contribution < -0.4 is 20.9 Å². The van der Waals surface area contributed by atoms with E-state index in [2.05, 4.69) is 25.9 Å². The molecule has 4 rings (SSSR count). The molecule has 0 aliphatic carbocycles. The maximum Gasteiger partial charge on any atom is 0.319 e. The van der Waals surface area contributed by atoms with Gasteiger partial charge in [0, 0.05) is 80.7 Å². The average molecular weight is 525 g/mol. The van der Waals surface area contributed by atoms with Crippen LogP contribution in [0.3, 0.4) is 0 Å². The number of thioether (sulfide) groups is 1. The summed E-state index contributed by atoms with van der Waals surface area (Å²) in [5.74, 6) is 3.00. The number of urea groups is 1. The number of hydrogen-bond donors (Lipinski definition) is 3. The van der Waals surface area contributed by atoms with Gasteiger partial charge in [-0.05, 0) is 24.3 Å². The van der Waals surface area contributed by atoms with Crippen LogP contribution in [0.4, 0.5) is 16.3 Å². The van der Waals surface area contributed by atoms with E-state index in [9.17, 15) is 9.59 Å². The fourth-order valence-electron chi connectivity index (χ4n) is 3.74. The number of carbonyl (C=O) groups excluding carboxylic acids is 2. The molecule has 3 N–H and O–H groups in total. The van der Waals surface area contributed by atoms with Crippen molar-refractivity contribution in [3.8, 4) is 11.4 Å². The Morgan fingerprint density at radius 1 is 1.11 bits per heavy atom. The maximum atomic E-state index is 12.3. The number of aromatic nitrogens is 4. The van der Waals surface area contributed by atoms with Gasteiger partial charge in [-0.3, -0.25) is 9.48 Å². The fraction of sp³-hybridized carbons (Fsp3) is 0.400. The number of hydrogen-bond acceptors (Lipinski definition) is 8. The zero-order chi connectivity index (χ0) is 26.0. The van der Waals surface area contributed by atoms with E-state index in [0.29, 0.717) is 43.6 Å². The number of nitrogens with one attached hydrogen (secondary N) is 3. The van der Waals surface area contributed by atoms with Gasteiger partial charge in [-0.1, -0.05) is 0 Å². The third-order valence-electron chi connectivity index (χ3n) is 5.58. The number of rotatable bonds is 10. The van der Waals surface area contributed by atoms with E-state index < -0.39 is 0 Å². The minimum absolute atomic E-state index is 0.0246. The Morgan fingerprint density at radius 2 is 1.89 bits per heavy atom. The molecule has 37 heavy (non-hydrogen) atoms. The minimum atomic E-state index is -0.291. The van der Waals surface area contributed by atoms with E-state index in [4.69, 9.17) is 14.7 Å². The van der Waals surface area contributed by atoms with Gasteiger partial charge >= 0.3 is 6.03 Å². The molecule has 1 saturated heterocycles. The van der Waals surface area contributed by atoms with E-state index in [1.165, 1.54) is 6.92 Å². The van der Waals surface area contributed by atoms with Crippen molar-refractivity contribution in [3.05, 3.63) is 54.0 Å². The van der Waals surface area contributed by atoms with Crippen LogP contribution in [0.15, 0.2) is 42.7 Å². The van der Waals surface area contributed by atoms with Crippen molar-refractivity contribution in [1.82, 2.24) is 30.4 Å². The highest BCUT2D eigenvalue weighted by Crippen LogP contribution is 2.24. The Balaban J connectivity index is 1.41. The molecule has 0 radical (unpaired) electrons. The van der Waals surface area contributed by atoms with E-state index in [1.807, 2.05) is 43.6 Å². The van der Waals surface area contributed by atoms with Crippen LogP contribution in [0.5, 0.6) is 0 Å². The van der Waals surface area contributed by atoms with Crippen LogP contribution in [0, 0.1) is 0 Å². The van der Waals surface area contributed by atoms with Crippen LogP contribution in [-0.2, 0) is 28.9 Å². The predicted octanol–water partition coefficient (Wildman–Crippen LogP) is 2.40. The van der Waals surface area contributed by atoms with Gasteiger partial charge in [-0.25, -0.2) is 14.8 Å². The van der Waals surface area contributed by atoms with Crippen molar-refractivity contribution < 1.29 is 14.3 Å². The molecule has 1 fully saturated rings. The SMILES string of the molecule is CC(=O)NCCSCc1cc(N2CCOCC2)nc(-c2ccc(NC(=O)NCc3cnn(C)c3)cc2)n1. The number of nitrogens with zero attached hydrogens (tertiary/aromatic N) is 5. The van der Waals surface area contributed by atoms with Crippen LogP contribution in [-0.4, -0.2) is 70.3 Å². The third kappa shape index (κ3) is 8.19. The molecule has 0 saturated carbocycles. The molecule has 196 valence electrons. The molecule has 0 unspecified atom stereocenters. The van der Waals surface area contributed by atoms with Crippen LogP contribution in [0.2, 0.25) is 0 Å². The van der Waals surface area contributed by atoms with E-state index in [0.717, 1.165) is 41.5 Å². The summed E-state index contributed by atoms with van der Waals surface area (Å²) in [5, 5.41) is 12.6. The normalized spacial score (nSPS) is 13.3. The van der Waals surface area contributed by atoms with Crippen molar-refractivity contribution in [2.24, 2.45) is 7.05 Å². The molecule has 3 amide bonds. The first-order valence-corrected chi connectivity index (χ1v) is 13.3. The molecular formula is C25H32N8O3S. The first-order chi connectivity index (χ1) is 18.0. The standard InChI is InChI=1S/C25H32N8O3S/c1-18(34)26-7-12-37-17-22-13-23(33-8-10-36-11-9-33)31-24(29-22)20-3-5-21(6-4-20)30-25(35)27-14-19-15-28-32(2)16-19/h3-6,13,15-16H,7-12,14,17H2,1-2H3,(H,26,34)(H2,27,30,35). The number of anilines is 2. The van der Waals surface area contributed by atoms with Crippen LogP contribution in [0.25, 0.3) is 11.4 Å². The molecule has 0 atom stereocenters. The topological polar surface area (TPSA) is 126 Å². The largest absolute Gasteiger partial charge is 0.378 e. The van der Waals surface area contributed by atoms with Gasteiger partial charge in [0.15, 0.2) is 5.82 Å². The second kappa shape index (κ2) is 13.1. The summed E-state index contributed by atoms with van der Waals surface area (Å²) < 4.78 is 7.19. The highest BCUT2D eigenvalue weighted by molar-refractivity contribution is 7.98. The molecule has 2 aromatic heterocycles. The number of morpholine rings is 1. The Morgan fingerprint density at radius 3 is 2.59 bits per heavy atom. The van der Waals surface area contributed by atoms with Crippen molar-refractivity contribution >= 4 is 35.2 Å². The third-order valence-corrected chi connectivity index (χ3v) is 6.58. The van der Waals surface area contributed by atoms with Crippen molar-refractivity contribution in [3.63, 3.8) is 0 Å². The predicted molar refractivity (Wildman–Crippen MR) is 144 cm³/mol. The van der Waals surface area contributed by atoms with Gasteiger partial charge in [0.25, 0.3) is 0 Å². The van der Waals surface area contributed by atoms with Crippen molar-refractivity contribution in [1.29, 1.82) is 0 Å². The molecule has 1 aliphatic heterocycles. The summed E-state index contributed by atoms with van der Waals surface area (Å²) in [6.45, 7) is 5.44. The van der Waals surface area contributed by atoms with Gasteiger partial charge in [-0.2, -0.15) is 16.9 Å². The van der Waals surface area contributed by atoms with Crippen molar-refractivity contribution in [2.45, 2.75) is 19.2 Å². The first kappa shape index (κ1) is 26.4. The quantitative estimate of drug-likeness (QED) is 0.345. The van der Waals surface area contributed by atoms with E-state index in [1.54, 1.807) is 22.6 Å². The summed E-state index contributed by atoms with van der Waals surface area (Å²) in [4.78, 5) is 35.2. The molecule has 0 bridgehead atoms. The lowest BCUT2D eigenvalue weighted by Crippen LogP contribution is -2.37. The van der Waals surface area contributed by atoms with E-state index in [-0.39, 0.29) is 11.9 Å². The summed E-state index contributed by atoms with van der Waals surface area (Å²) in [6.07, 6.45) is 3.58. The van der Waals surface area contributed by atoms with Crippen molar-refractivity contribution in [2.75, 3.05) is 48.8 Å². The van der Waals surface area contributed by atoms with Gasteiger partial charge in [-0.15, -0.1) is 0 Å². The van der Waals surface area contributed by atoms with Crippen LogP contribution >= 0.6 is 11.8 Å². The van der Waals surface area contributed by atoms with Gasteiger partial charge < -0.3 is 25.6 Å². The highest BCUT2D eigenvalue weighted by Gasteiger charge is 2.16. The Labute approximate surface area is 220 Å². The molecule has 11 nitrogen and oxygen atoms in total. The number of carbonyl (C=O) groups is 2. The second-order valence-corrected chi connectivity index (χ2v) is 9.69. The lowest BCUT2D eigenvalue weighted by molar-refractivity contribution is -0.118. The Hall–Kier alpha value is -3.64. The zero-order valence-electron chi connectivity index (χ0n) is 21.1. The molecule has 3 heterocycles. The molecule has 1 aliphatic rings. The summed E-state index contributed by atoms with van der Waals surface area (Å²) in [5.41, 5.74) is 3.39. The molecule has 3 aromatic rings. The lowest BCUT2D eigenvalue weighted by Gasteiger charge is -2.28. The zero-order valence-corrected chi connectivity index (χ0v) is 21.9. The average Bonchev–Trinajstić information content (AvgIpc) is 3.33. The molecule has 1 aromatic carbocycles. The number of ether oxygens (including phenoxy) is 1. The van der Waals surface area contributed by atoms with Gasteiger partial charge in [0.05, 0.1) is 25.1 Å². The molecule has 0 spiro atoms. The monoisotopic (exact) mass is 524 g/mol. The second-order valence-electron chi connectivity index (χ2n) is 8.58. The summed E-state index contributed by atoms with van der Waals surface area (Å²) >= 11 is 1.71. The number of aryl methyl sites for hydroxylation is 1. The molecular weight excluding hydrogens is 492 g/mol. The maximum absolute atomic E-state index is 12.3. The van der Waals surface area contributed by atoms with Gasteiger partial charge in [0.2, 0.25) is 5.91 Å². The van der Waals surface area contributed by atoms with Gasteiger partial charge in [0.1, 0.15) is 5.82 Å². The lowest BCUT2D eigenvalue weighted by atomic mass is 10.2. The Bertz CT molecular complexity index is 1190. The first-order valence-electron chi connectivity index (χ1n) is 12.1. The Kier molecular flexibility index (Phi) is 9.33. The smallest absolute Gasteiger partial charge is 0.319 e.